The Morgan fingerprint density at radius 2 is 1.97 bits per heavy atom. The maximum Gasteiger partial charge on any atom is 0.410 e. The molecule has 35 heavy (non-hydrogen) atoms. The highest BCUT2D eigenvalue weighted by atomic mass is 35.5. The Kier molecular flexibility index (Phi) is 7.60. The van der Waals surface area contributed by atoms with Gasteiger partial charge in [0, 0.05) is 35.8 Å². The SMILES string of the molecule is CCn1nc(C)cc1CCOC(=O)N1CCc2ccccc2[C@H]1c1cc(Cl)ccc1OCC(=O)O. The summed E-state index contributed by atoms with van der Waals surface area (Å²) in [4.78, 5) is 26.1. The molecule has 9 heteroatoms. The van der Waals surface area contributed by atoms with Crippen molar-refractivity contribution in [3.05, 3.63) is 81.6 Å². The van der Waals surface area contributed by atoms with Gasteiger partial charge in [-0.25, -0.2) is 9.59 Å². The minimum absolute atomic E-state index is 0.215. The monoisotopic (exact) mass is 497 g/mol. The van der Waals surface area contributed by atoms with Crippen LogP contribution in [0.4, 0.5) is 4.79 Å². The molecule has 1 aliphatic heterocycles. The highest BCUT2D eigenvalue weighted by Crippen LogP contribution is 2.40. The number of carbonyl (C=O) groups is 2. The molecule has 8 nitrogen and oxygen atoms in total. The van der Waals surface area contributed by atoms with Crippen molar-refractivity contribution >= 4 is 23.7 Å². The maximum absolute atomic E-state index is 13.3. The third-order valence-electron chi connectivity index (χ3n) is 6.00. The molecular weight excluding hydrogens is 470 g/mol. The number of hydrogen-bond donors (Lipinski definition) is 1. The molecule has 0 bridgehead atoms. The number of aromatic nitrogens is 2. The lowest BCUT2D eigenvalue weighted by Gasteiger charge is -2.37. The lowest BCUT2D eigenvalue weighted by Crippen LogP contribution is -2.41. The Labute approximate surface area is 209 Å². The number of carboxylic acids is 1. The van der Waals surface area contributed by atoms with E-state index in [1.807, 2.05) is 48.9 Å². The zero-order valence-electron chi connectivity index (χ0n) is 19.7. The Bertz CT molecular complexity index is 1230. The minimum atomic E-state index is -1.09. The largest absolute Gasteiger partial charge is 0.482 e. The first-order valence-electron chi connectivity index (χ1n) is 11.6. The van der Waals surface area contributed by atoms with Crippen LogP contribution in [-0.2, 0) is 28.9 Å². The quantitative estimate of drug-likeness (QED) is 0.486. The molecule has 0 saturated carbocycles. The van der Waals surface area contributed by atoms with E-state index in [4.69, 9.17) is 26.2 Å². The first-order chi connectivity index (χ1) is 16.9. The second kappa shape index (κ2) is 10.8. The second-order valence-corrected chi connectivity index (χ2v) is 8.80. The molecule has 2 aromatic carbocycles. The van der Waals surface area contributed by atoms with Crippen LogP contribution in [-0.4, -0.2) is 51.6 Å². The number of nitrogens with zero attached hydrogens (tertiary/aromatic N) is 3. The number of rotatable bonds is 8. The average Bonchev–Trinajstić information content (AvgIpc) is 3.21. The van der Waals surface area contributed by atoms with E-state index < -0.39 is 24.7 Å². The summed E-state index contributed by atoms with van der Waals surface area (Å²) in [6.45, 7) is 4.86. The molecule has 0 aliphatic carbocycles. The number of aliphatic carboxylic acids is 1. The standard InChI is InChI=1S/C26H28ClN3O5/c1-3-30-20(14-17(2)28-30)11-13-34-26(33)29-12-10-18-6-4-5-7-21(18)25(29)22-15-19(27)8-9-23(22)35-16-24(31)32/h4-9,14-15,25H,3,10-13,16H2,1-2H3,(H,31,32)/t25-/m0/s1. The molecule has 0 spiro atoms. The van der Waals surface area contributed by atoms with Gasteiger partial charge in [0.1, 0.15) is 5.75 Å². The van der Waals surface area contributed by atoms with E-state index >= 15 is 0 Å². The summed E-state index contributed by atoms with van der Waals surface area (Å²) in [6, 6.07) is 14.3. The highest BCUT2D eigenvalue weighted by molar-refractivity contribution is 6.30. The minimum Gasteiger partial charge on any atom is -0.482 e. The zero-order chi connectivity index (χ0) is 24.9. The predicted molar refractivity (Wildman–Crippen MR) is 131 cm³/mol. The van der Waals surface area contributed by atoms with Gasteiger partial charge in [-0.1, -0.05) is 35.9 Å². The van der Waals surface area contributed by atoms with Crippen molar-refractivity contribution in [3.63, 3.8) is 0 Å². The van der Waals surface area contributed by atoms with E-state index in [0.717, 1.165) is 29.1 Å². The summed E-state index contributed by atoms with van der Waals surface area (Å²) in [5, 5.41) is 14.0. The molecule has 184 valence electrons. The van der Waals surface area contributed by atoms with Crippen molar-refractivity contribution in [2.45, 2.75) is 39.3 Å². The number of carbonyl (C=O) groups excluding carboxylic acids is 1. The van der Waals surface area contributed by atoms with E-state index in [1.54, 1.807) is 23.1 Å². The first-order valence-corrected chi connectivity index (χ1v) is 11.9. The number of ether oxygens (including phenoxy) is 2. The Hall–Kier alpha value is -3.52. The number of halogens is 1. The first kappa shape index (κ1) is 24.6. The molecule has 1 N–H and O–H groups in total. The smallest absolute Gasteiger partial charge is 0.410 e. The predicted octanol–water partition coefficient (Wildman–Crippen LogP) is 4.66. The van der Waals surface area contributed by atoms with E-state index in [9.17, 15) is 9.59 Å². The van der Waals surface area contributed by atoms with Crippen molar-refractivity contribution < 1.29 is 24.2 Å². The molecule has 1 aromatic heterocycles. The van der Waals surface area contributed by atoms with Crippen molar-refractivity contribution in [2.24, 2.45) is 0 Å². The fraction of sp³-hybridized carbons (Fsp3) is 0.346. The van der Waals surface area contributed by atoms with Crippen LogP contribution in [0.1, 0.15) is 41.0 Å². The van der Waals surface area contributed by atoms with Crippen molar-refractivity contribution in [2.75, 3.05) is 19.8 Å². The van der Waals surface area contributed by atoms with Gasteiger partial charge in [0.2, 0.25) is 0 Å². The Morgan fingerprint density at radius 1 is 1.17 bits per heavy atom. The number of carboxylic acid groups (broad SMARTS) is 1. The molecule has 0 saturated heterocycles. The Morgan fingerprint density at radius 3 is 2.74 bits per heavy atom. The zero-order valence-corrected chi connectivity index (χ0v) is 20.5. The lowest BCUT2D eigenvalue weighted by molar-refractivity contribution is -0.139. The fourth-order valence-corrected chi connectivity index (χ4v) is 4.68. The second-order valence-electron chi connectivity index (χ2n) is 8.37. The van der Waals surface area contributed by atoms with Gasteiger partial charge in [-0.15, -0.1) is 0 Å². The summed E-state index contributed by atoms with van der Waals surface area (Å²) >= 11 is 6.32. The van der Waals surface area contributed by atoms with Crippen LogP contribution in [0.2, 0.25) is 5.02 Å². The number of hydrogen-bond acceptors (Lipinski definition) is 5. The van der Waals surface area contributed by atoms with Crippen LogP contribution in [0.15, 0.2) is 48.5 Å². The van der Waals surface area contributed by atoms with Gasteiger partial charge in [-0.2, -0.15) is 5.10 Å². The van der Waals surface area contributed by atoms with Gasteiger partial charge in [-0.05, 0) is 55.7 Å². The molecule has 0 fully saturated rings. The molecule has 0 radical (unpaired) electrons. The molecule has 0 unspecified atom stereocenters. The molecular formula is C26H28ClN3O5. The van der Waals surface area contributed by atoms with E-state index in [0.29, 0.717) is 35.7 Å². The molecule has 1 atom stereocenters. The lowest BCUT2D eigenvalue weighted by atomic mass is 9.88. The Balaban J connectivity index is 1.61. The van der Waals surface area contributed by atoms with Crippen LogP contribution >= 0.6 is 11.6 Å². The van der Waals surface area contributed by atoms with Crippen molar-refractivity contribution in [1.82, 2.24) is 14.7 Å². The van der Waals surface area contributed by atoms with E-state index in [1.165, 1.54) is 0 Å². The average molecular weight is 498 g/mol. The number of fused-ring (bicyclic) bond motifs is 1. The summed E-state index contributed by atoms with van der Waals surface area (Å²) in [7, 11) is 0. The summed E-state index contributed by atoms with van der Waals surface area (Å²) in [6.07, 6.45) is 0.780. The normalized spacial score (nSPS) is 14.9. The number of benzene rings is 2. The fourth-order valence-electron chi connectivity index (χ4n) is 4.50. The van der Waals surface area contributed by atoms with Crippen LogP contribution in [0.5, 0.6) is 5.75 Å². The third kappa shape index (κ3) is 5.59. The molecule has 1 amide bonds. The van der Waals surface area contributed by atoms with Gasteiger partial charge in [0.05, 0.1) is 18.3 Å². The summed E-state index contributed by atoms with van der Waals surface area (Å²) in [5.74, 6) is -0.730. The third-order valence-corrected chi connectivity index (χ3v) is 6.24. The maximum atomic E-state index is 13.3. The van der Waals surface area contributed by atoms with Gasteiger partial charge in [0.15, 0.2) is 6.61 Å². The van der Waals surface area contributed by atoms with Crippen molar-refractivity contribution in [1.29, 1.82) is 0 Å². The van der Waals surface area contributed by atoms with Crippen LogP contribution in [0.25, 0.3) is 0 Å². The van der Waals surface area contributed by atoms with Gasteiger partial charge in [-0.3, -0.25) is 9.58 Å². The number of aryl methyl sites for hydroxylation is 2. The van der Waals surface area contributed by atoms with Gasteiger partial charge < -0.3 is 14.6 Å². The van der Waals surface area contributed by atoms with E-state index in [2.05, 4.69) is 5.10 Å². The molecule has 3 aromatic rings. The van der Waals surface area contributed by atoms with E-state index in [-0.39, 0.29) is 6.61 Å². The molecule has 1 aliphatic rings. The van der Waals surface area contributed by atoms with Gasteiger partial charge in [0.25, 0.3) is 0 Å². The summed E-state index contributed by atoms with van der Waals surface area (Å²) in [5.41, 5.74) is 4.58. The topological polar surface area (TPSA) is 93.9 Å². The highest BCUT2D eigenvalue weighted by Gasteiger charge is 2.35. The van der Waals surface area contributed by atoms with Crippen LogP contribution < -0.4 is 4.74 Å². The van der Waals surface area contributed by atoms with Gasteiger partial charge >= 0.3 is 12.1 Å². The van der Waals surface area contributed by atoms with Crippen LogP contribution in [0, 0.1) is 6.92 Å². The molecule has 4 rings (SSSR count). The number of amides is 1. The summed E-state index contributed by atoms with van der Waals surface area (Å²) < 4.78 is 13.2. The molecule has 2 heterocycles. The van der Waals surface area contributed by atoms with Crippen molar-refractivity contribution in [3.8, 4) is 5.75 Å². The van der Waals surface area contributed by atoms with Crippen LogP contribution in [0.3, 0.4) is 0 Å².